The van der Waals surface area contributed by atoms with Crippen molar-refractivity contribution in [3.05, 3.63) is 64.7 Å². The zero-order valence-corrected chi connectivity index (χ0v) is 19.8. The summed E-state index contributed by atoms with van der Waals surface area (Å²) in [4.78, 5) is 11.7. The number of rotatable bonds is 10. The van der Waals surface area contributed by atoms with E-state index in [4.69, 9.17) is 14.2 Å². The first kappa shape index (κ1) is 25.5. The number of hydrogen-bond donors (Lipinski definition) is 3. The topological polar surface area (TPSA) is 89.1 Å². The van der Waals surface area contributed by atoms with Gasteiger partial charge in [0.25, 0.3) is 0 Å². The largest absolute Gasteiger partial charge is 0.493 e. The van der Waals surface area contributed by atoms with Gasteiger partial charge < -0.3 is 30.0 Å². The van der Waals surface area contributed by atoms with Gasteiger partial charge in [0, 0.05) is 44.0 Å². The second kappa shape index (κ2) is 11.9. The van der Waals surface area contributed by atoms with Crippen molar-refractivity contribution in [1.29, 1.82) is 0 Å². The molecule has 190 valence electrons. The van der Waals surface area contributed by atoms with Crippen molar-refractivity contribution in [2.45, 2.75) is 57.1 Å². The molecule has 0 aliphatic carbocycles. The van der Waals surface area contributed by atoms with E-state index in [-0.39, 0.29) is 31.2 Å². The molecule has 2 aromatic rings. The van der Waals surface area contributed by atoms with Crippen molar-refractivity contribution in [3.63, 3.8) is 0 Å². The standard InChI is InChI=1S/C26H32F2N2O5/c1-16(31)30-23(13-18-10-19(27)14-20(28)11-18)24(32)15-29-22-6-7-33-25-4-2-17(12-21(22)25)3-5-26-34-8-9-35-26/h2,4,10-12,14,22-24,26,29,32H,3,5-9,13,15H2,1H3,(H,30,31). The number of hydrogen-bond acceptors (Lipinski definition) is 6. The number of fused-ring (bicyclic) bond motifs is 1. The van der Waals surface area contributed by atoms with Gasteiger partial charge in [-0.25, -0.2) is 8.78 Å². The van der Waals surface area contributed by atoms with Crippen molar-refractivity contribution in [2.24, 2.45) is 0 Å². The summed E-state index contributed by atoms with van der Waals surface area (Å²) in [7, 11) is 0. The average Bonchev–Trinajstić information content (AvgIpc) is 3.33. The van der Waals surface area contributed by atoms with E-state index in [0.29, 0.717) is 25.4 Å². The van der Waals surface area contributed by atoms with Crippen LogP contribution in [-0.2, 0) is 27.1 Å². The van der Waals surface area contributed by atoms with Crippen LogP contribution in [0, 0.1) is 11.6 Å². The highest BCUT2D eigenvalue weighted by molar-refractivity contribution is 5.73. The van der Waals surface area contributed by atoms with Crippen molar-refractivity contribution >= 4 is 5.91 Å². The smallest absolute Gasteiger partial charge is 0.217 e. The molecule has 3 N–H and O–H groups in total. The molecular formula is C26H32F2N2O5. The van der Waals surface area contributed by atoms with Gasteiger partial charge in [-0.3, -0.25) is 4.79 Å². The van der Waals surface area contributed by atoms with Crippen LogP contribution in [0.25, 0.3) is 0 Å². The number of aliphatic hydroxyl groups excluding tert-OH is 1. The Bertz CT molecular complexity index is 995. The Morgan fingerprint density at radius 3 is 2.54 bits per heavy atom. The number of amides is 1. The molecule has 0 saturated carbocycles. The molecule has 0 spiro atoms. The Kier molecular flexibility index (Phi) is 8.67. The van der Waals surface area contributed by atoms with E-state index in [9.17, 15) is 18.7 Å². The highest BCUT2D eigenvalue weighted by Crippen LogP contribution is 2.33. The fourth-order valence-corrected chi connectivity index (χ4v) is 4.60. The molecule has 0 bridgehead atoms. The van der Waals surface area contributed by atoms with Crippen LogP contribution in [-0.4, -0.2) is 55.8 Å². The first-order valence-corrected chi connectivity index (χ1v) is 12.0. The summed E-state index contributed by atoms with van der Waals surface area (Å²) in [6.07, 6.45) is 1.26. The number of carbonyl (C=O) groups excluding carboxylic acids is 1. The predicted molar refractivity (Wildman–Crippen MR) is 125 cm³/mol. The number of aryl methyl sites for hydroxylation is 1. The molecule has 1 saturated heterocycles. The van der Waals surface area contributed by atoms with Crippen LogP contribution < -0.4 is 15.4 Å². The zero-order chi connectivity index (χ0) is 24.8. The van der Waals surface area contributed by atoms with Crippen LogP contribution in [0.4, 0.5) is 8.78 Å². The number of aliphatic hydroxyl groups is 1. The molecule has 1 fully saturated rings. The maximum Gasteiger partial charge on any atom is 0.217 e. The minimum Gasteiger partial charge on any atom is -0.493 e. The van der Waals surface area contributed by atoms with Crippen molar-refractivity contribution in [2.75, 3.05) is 26.4 Å². The molecule has 2 aliphatic rings. The lowest BCUT2D eigenvalue weighted by molar-refractivity contribution is -0.120. The summed E-state index contributed by atoms with van der Waals surface area (Å²) in [5.74, 6) is -0.930. The van der Waals surface area contributed by atoms with Gasteiger partial charge in [0.05, 0.1) is 32.0 Å². The zero-order valence-electron chi connectivity index (χ0n) is 19.8. The predicted octanol–water partition coefficient (Wildman–Crippen LogP) is 2.79. The summed E-state index contributed by atoms with van der Waals surface area (Å²) in [6, 6.07) is 8.55. The summed E-state index contributed by atoms with van der Waals surface area (Å²) >= 11 is 0. The van der Waals surface area contributed by atoms with Crippen LogP contribution in [0.15, 0.2) is 36.4 Å². The van der Waals surface area contributed by atoms with Gasteiger partial charge in [0.15, 0.2) is 6.29 Å². The minimum absolute atomic E-state index is 0.0445. The maximum atomic E-state index is 13.6. The average molecular weight is 491 g/mol. The highest BCUT2D eigenvalue weighted by atomic mass is 19.1. The Balaban J connectivity index is 1.39. The summed E-state index contributed by atoms with van der Waals surface area (Å²) < 4.78 is 44.1. The number of ether oxygens (including phenoxy) is 3. The number of carbonyl (C=O) groups is 1. The van der Waals surface area contributed by atoms with E-state index in [1.54, 1.807) is 0 Å². The van der Waals surface area contributed by atoms with Gasteiger partial charge in [-0.1, -0.05) is 12.1 Å². The van der Waals surface area contributed by atoms with E-state index in [1.165, 1.54) is 19.1 Å². The third-order valence-corrected chi connectivity index (χ3v) is 6.28. The van der Waals surface area contributed by atoms with Crippen molar-refractivity contribution in [1.82, 2.24) is 10.6 Å². The van der Waals surface area contributed by atoms with Gasteiger partial charge in [-0.05, 0) is 42.2 Å². The van der Waals surface area contributed by atoms with Gasteiger partial charge in [0.2, 0.25) is 5.91 Å². The fourth-order valence-electron chi connectivity index (χ4n) is 4.60. The third kappa shape index (κ3) is 7.20. The number of halogens is 2. The maximum absolute atomic E-state index is 13.6. The Hall–Kier alpha value is -2.59. The van der Waals surface area contributed by atoms with Crippen LogP contribution in [0.1, 0.15) is 42.5 Å². The first-order chi connectivity index (χ1) is 16.9. The van der Waals surface area contributed by atoms with E-state index >= 15 is 0 Å². The van der Waals surface area contributed by atoms with Gasteiger partial charge in [0.1, 0.15) is 17.4 Å². The quantitative estimate of drug-likeness (QED) is 0.475. The molecule has 0 radical (unpaired) electrons. The second-order valence-electron chi connectivity index (χ2n) is 9.04. The fraction of sp³-hybridized carbons (Fsp3) is 0.500. The number of benzene rings is 2. The molecule has 2 aromatic carbocycles. The van der Waals surface area contributed by atoms with Crippen LogP contribution in [0.3, 0.4) is 0 Å². The van der Waals surface area contributed by atoms with E-state index < -0.39 is 23.8 Å². The Labute approximate surface area is 203 Å². The summed E-state index contributed by atoms with van der Waals surface area (Å²) in [6.45, 7) is 3.33. The molecule has 4 rings (SSSR count). The van der Waals surface area contributed by atoms with E-state index in [1.807, 2.05) is 12.1 Å². The third-order valence-electron chi connectivity index (χ3n) is 6.28. The Morgan fingerprint density at radius 1 is 1.09 bits per heavy atom. The molecule has 2 aliphatic heterocycles. The van der Waals surface area contributed by atoms with Gasteiger partial charge in [-0.15, -0.1) is 0 Å². The molecule has 9 heteroatoms. The lowest BCUT2D eigenvalue weighted by Gasteiger charge is -2.30. The molecule has 35 heavy (non-hydrogen) atoms. The molecule has 3 atom stereocenters. The highest BCUT2D eigenvalue weighted by Gasteiger charge is 2.26. The van der Waals surface area contributed by atoms with E-state index in [2.05, 4.69) is 16.7 Å². The molecule has 3 unspecified atom stereocenters. The number of nitrogens with one attached hydrogen (secondary N) is 2. The first-order valence-electron chi connectivity index (χ1n) is 12.0. The molecule has 2 heterocycles. The summed E-state index contributed by atoms with van der Waals surface area (Å²) in [5.41, 5.74) is 2.51. The normalized spacial score (nSPS) is 19.6. The van der Waals surface area contributed by atoms with Gasteiger partial charge >= 0.3 is 0 Å². The molecule has 0 aromatic heterocycles. The van der Waals surface area contributed by atoms with Crippen molar-refractivity contribution in [3.8, 4) is 5.75 Å². The molecule has 7 nitrogen and oxygen atoms in total. The van der Waals surface area contributed by atoms with Gasteiger partial charge in [-0.2, -0.15) is 0 Å². The van der Waals surface area contributed by atoms with Crippen LogP contribution >= 0.6 is 0 Å². The SMILES string of the molecule is CC(=O)NC(Cc1cc(F)cc(F)c1)C(O)CNC1CCOc2ccc(CCC3OCCO3)cc21. The van der Waals surface area contributed by atoms with Crippen molar-refractivity contribution < 1.29 is 32.9 Å². The monoisotopic (exact) mass is 490 g/mol. The van der Waals surface area contributed by atoms with Crippen LogP contribution in [0.2, 0.25) is 0 Å². The Morgan fingerprint density at radius 2 is 1.83 bits per heavy atom. The molecular weight excluding hydrogens is 458 g/mol. The minimum atomic E-state index is -0.976. The van der Waals surface area contributed by atoms with Crippen LogP contribution in [0.5, 0.6) is 5.75 Å². The van der Waals surface area contributed by atoms with E-state index in [0.717, 1.165) is 42.2 Å². The second-order valence-corrected chi connectivity index (χ2v) is 9.04. The lowest BCUT2D eigenvalue weighted by Crippen LogP contribution is -2.48. The lowest BCUT2D eigenvalue weighted by atomic mass is 9.95. The summed E-state index contributed by atoms with van der Waals surface area (Å²) in [5, 5.41) is 17.0. The molecule has 1 amide bonds.